The molecule has 1 unspecified atom stereocenters. The van der Waals surface area contributed by atoms with E-state index in [1.165, 1.54) is 16.2 Å². The minimum absolute atomic E-state index is 0.0377. The van der Waals surface area contributed by atoms with Crippen LogP contribution < -0.4 is 15.5 Å². The van der Waals surface area contributed by atoms with Crippen molar-refractivity contribution in [1.29, 1.82) is 0 Å². The maximum absolute atomic E-state index is 12.6. The monoisotopic (exact) mass is 401 g/mol. The Hall–Kier alpha value is -2.94. The lowest BCUT2D eigenvalue weighted by molar-refractivity contribution is -0.134. The Labute approximate surface area is 167 Å². The minimum Gasteiger partial charge on any atom is -0.347 e. The van der Waals surface area contributed by atoms with Crippen LogP contribution in [0.3, 0.4) is 0 Å². The number of thiazole rings is 1. The average Bonchev–Trinajstić information content (AvgIpc) is 3.14. The molecule has 1 saturated heterocycles. The van der Waals surface area contributed by atoms with Gasteiger partial charge in [0.05, 0.1) is 12.1 Å². The highest BCUT2D eigenvalue weighted by Gasteiger charge is 2.25. The van der Waals surface area contributed by atoms with Gasteiger partial charge in [0.15, 0.2) is 5.13 Å². The molecule has 1 aromatic heterocycles. The van der Waals surface area contributed by atoms with Gasteiger partial charge in [-0.2, -0.15) is 0 Å². The van der Waals surface area contributed by atoms with Crippen LogP contribution in [-0.2, 0) is 16.0 Å². The molecule has 0 bridgehead atoms. The first kappa shape index (κ1) is 19.8. The molecule has 4 amide bonds. The van der Waals surface area contributed by atoms with Gasteiger partial charge >= 0.3 is 6.03 Å². The molecule has 0 spiro atoms. The number of likely N-dealkylation sites (N-methyl/N-ethyl adjacent to an activating group) is 1. The van der Waals surface area contributed by atoms with Gasteiger partial charge in [-0.25, -0.2) is 9.78 Å². The zero-order chi connectivity index (χ0) is 20.1. The molecule has 3 rings (SSSR count). The van der Waals surface area contributed by atoms with Crippen molar-refractivity contribution in [3.63, 3.8) is 0 Å². The minimum atomic E-state index is -0.755. The van der Waals surface area contributed by atoms with E-state index in [1.807, 2.05) is 30.3 Å². The molecule has 0 saturated carbocycles. The van der Waals surface area contributed by atoms with Gasteiger partial charge in [-0.05, 0) is 12.0 Å². The third-order valence-electron chi connectivity index (χ3n) is 4.32. The van der Waals surface area contributed by atoms with E-state index >= 15 is 0 Å². The third-order valence-corrected chi connectivity index (χ3v) is 5.23. The van der Waals surface area contributed by atoms with Crippen LogP contribution in [0, 0.1) is 0 Å². The molecule has 1 aliphatic rings. The maximum Gasteiger partial charge on any atom is 0.323 e. The summed E-state index contributed by atoms with van der Waals surface area (Å²) in [7, 11) is 3.31. The zero-order valence-electron chi connectivity index (χ0n) is 15.8. The topological polar surface area (TPSA) is 94.6 Å². The summed E-state index contributed by atoms with van der Waals surface area (Å²) < 4.78 is 0. The number of nitrogens with one attached hydrogen (secondary N) is 2. The predicted molar refractivity (Wildman–Crippen MR) is 107 cm³/mol. The van der Waals surface area contributed by atoms with Crippen molar-refractivity contribution in [1.82, 2.24) is 20.5 Å². The van der Waals surface area contributed by atoms with Gasteiger partial charge in [0, 0.05) is 32.6 Å². The number of hydrogen-bond donors (Lipinski definition) is 2. The second-order valence-corrected chi connectivity index (χ2v) is 7.52. The summed E-state index contributed by atoms with van der Waals surface area (Å²) in [6.45, 7) is 1.27. The fourth-order valence-electron chi connectivity index (χ4n) is 2.88. The quantitative estimate of drug-likeness (QED) is 0.768. The molecule has 1 aliphatic heterocycles. The lowest BCUT2D eigenvalue weighted by Gasteiger charge is -2.24. The Morgan fingerprint density at radius 2 is 2.07 bits per heavy atom. The summed E-state index contributed by atoms with van der Waals surface area (Å²) in [6, 6.07) is 8.20. The Kier molecular flexibility index (Phi) is 6.25. The molecule has 1 fully saturated rings. The summed E-state index contributed by atoms with van der Waals surface area (Å²) in [5, 5.41) is 7.92. The van der Waals surface area contributed by atoms with Crippen molar-refractivity contribution in [3.05, 3.63) is 47.0 Å². The van der Waals surface area contributed by atoms with E-state index in [0.717, 1.165) is 12.0 Å². The molecule has 0 aliphatic carbocycles. The molecule has 1 aromatic carbocycles. The van der Waals surface area contributed by atoms with E-state index in [2.05, 4.69) is 15.6 Å². The Bertz CT molecular complexity index is 852. The second-order valence-electron chi connectivity index (χ2n) is 6.68. The van der Waals surface area contributed by atoms with Crippen molar-refractivity contribution < 1.29 is 14.4 Å². The highest BCUT2D eigenvalue weighted by molar-refractivity contribution is 7.14. The first-order valence-corrected chi connectivity index (χ1v) is 9.89. The molecule has 8 nitrogen and oxygen atoms in total. The van der Waals surface area contributed by atoms with Gasteiger partial charge in [-0.1, -0.05) is 30.3 Å². The molecular formula is C19H23N5O3S. The van der Waals surface area contributed by atoms with Gasteiger partial charge in [-0.15, -0.1) is 11.3 Å². The van der Waals surface area contributed by atoms with E-state index in [1.54, 1.807) is 24.4 Å². The number of aromatic nitrogens is 1. The van der Waals surface area contributed by atoms with Crippen molar-refractivity contribution in [2.75, 3.05) is 32.1 Å². The van der Waals surface area contributed by atoms with Gasteiger partial charge in [0.25, 0.3) is 0 Å². The zero-order valence-corrected chi connectivity index (χ0v) is 16.7. The summed E-state index contributed by atoms with van der Waals surface area (Å²) in [4.78, 5) is 44.5. The number of anilines is 1. The van der Waals surface area contributed by atoms with Gasteiger partial charge < -0.3 is 15.5 Å². The number of carbonyl (C=O) groups is 3. The van der Waals surface area contributed by atoms with Crippen LogP contribution in [0.1, 0.15) is 23.7 Å². The Morgan fingerprint density at radius 3 is 2.75 bits per heavy atom. The van der Waals surface area contributed by atoms with Gasteiger partial charge in [0.1, 0.15) is 6.04 Å². The third kappa shape index (κ3) is 4.66. The Morgan fingerprint density at radius 1 is 1.32 bits per heavy atom. The van der Waals surface area contributed by atoms with Crippen LogP contribution in [-0.4, -0.2) is 54.9 Å². The standard InChI is InChI=1S/C19H23N5O3S/c1-23(2)17(26)16(13-7-4-3-5-8-13)22-15(25)11-14-12-28-19(21-14)24-10-6-9-20-18(24)27/h3-5,7-8,12,16H,6,9-11H2,1-2H3,(H,20,27)(H,22,25). The SMILES string of the molecule is CN(C)C(=O)C(NC(=O)Cc1csc(N2CCCNC2=O)n1)c1ccccc1. The predicted octanol–water partition coefficient (Wildman–Crippen LogP) is 1.55. The van der Waals surface area contributed by atoms with Crippen LogP contribution in [0.15, 0.2) is 35.7 Å². The number of benzene rings is 1. The first-order chi connectivity index (χ1) is 13.5. The van der Waals surface area contributed by atoms with E-state index in [4.69, 9.17) is 0 Å². The molecule has 9 heteroatoms. The molecule has 2 N–H and O–H groups in total. The summed E-state index contributed by atoms with van der Waals surface area (Å²) >= 11 is 1.33. The fourth-order valence-corrected chi connectivity index (χ4v) is 3.73. The lowest BCUT2D eigenvalue weighted by atomic mass is 10.1. The van der Waals surface area contributed by atoms with Crippen LogP contribution in [0.25, 0.3) is 0 Å². The number of rotatable bonds is 6. The summed E-state index contributed by atoms with van der Waals surface area (Å²) in [5.41, 5.74) is 1.29. The molecular weight excluding hydrogens is 378 g/mol. The molecule has 0 radical (unpaired) electrons. The fraction of sp³-hybridized carbons (Fsp3) is 0.368. The lowest BCUT2D eigenvalue weighted by Crippen LogP contribution is -2.46. The van der Waals surface area contributed by atoms with Crippen LogP contribution >= 0.6 is 11.3 Å². The number of carbonyl (C=O) groups excluding carboxylic acids is 3. The summed E-state index contributed by atoms with van der Waals surface area (Å²) in [6.07, 6.45) is 0.891. The Balaban J connectivity index is 1.68. The first-order valence-electron chi connectivity index (χ1n) is 9.01. The van der Waals surface area contributed by atoms with E-state index in [0.29, 0.717) is 23.9 Å². The van der Waals surface area contributed by atoms with E-state index < -0.39 is 6.04 Å². The molecule has 2 aromatic rings. The van der Waals surface area contributed by atoms with Gasteiger partial charge in [-0.3, -0.25) is 14.5 Å². The average molecular weight is 401 g/mol. The molecule has 28 heavy (non-hydrogen) atoms. The number of urea groups is 1. The number of nitrogens with zero attached hydrogens (tertiary/aromatic N) is 3. The maximum atomic E-state index is 12.6. The number of hydrogen-bond acceptors (Lipinski definition) is 5. The second kappa shape index (κ2) is 8.83. The molecule has 1 atom stereocenters. The highest BCUT2D eigenvalue weighted by atomic mass is 32.1. The largest absolute Gasteiger partial charge is 0.347 e. The number of amides is 4. The summed E-state index contributed by atoms with van der Waals surface area (Å²) in [5.74, 6) is -0.507. The smallest absolute Gasteiger partial charge is 0.323 e. The molecule has 148 valence electrons. The van der Waals surface area contributed by atoms with Crippen LogP contribution in [0.2, 0.25) is 0 Å². The van der Waals surface area contributed by atoms with Gasteiger partial charge in [0.2, 0.25) is 11.8 Å². The van der Waals surface area contributed by atoms with Crippen molar-refractivity contribution in [2.24, 2.45) is 0 Å². The van der Waals surface area contributed by atoms with Crippen molar-refractivity contribution >= 4 is 34.3 Å². The van der Waals surface area contributed by atoms with Crippen LogP contribution in [0.5, 0.6) is 0 Å². The molecule has 2 heterocycles. The highest BCUT2D eigenvalue weighted by Crippen LogP contribution is 2.23. The van der Waals surface area contributed by atoms with Crippen molar-refractivity contribution in [2.45, 2.75) is 18.9 Å². The van der Waals surface area contributed by atoms with Crippen molar-refractivity contribution in [3.8, 4) is 0 Å². The normalized spacial score (nSPS) is 14.9. The van der Waals surface area contributed by atoms with Crippen LogP contribution in [0.4, 0.5) is 9.93 Å². The van der Waals surface area contributed by atoms with E-state index in [9.17, 15) is 14.4 Å². The van der Waals surface area contributed by atoms with E-state index in [-0.39, 0.29) is 24.3 Å².